The first-order valence-electron chi connectivity index (χ1n) is 14.3. The van der Waals surface area contributed by atoms with E-state index in [9.17, 15) is 14.0 Å². The van der Waals surface area contributed by atoms with Gasteiger partial charge in [0.1, 0.15) is 17.7 Å². The number of Topliss-reactive ketones (excluding diaryl/α,β-unsaturated/α-hetero) is 1. The van der Waals surface area contributed by atoms with E-state index in [0.717, 1.165) is 76.9 Å². The SMILES string of the molecule is CCCCCC1(CCC)C[C@H](CCN2CCN(c3ccc(F)cc3)CC2)OC1=O.CNCC(C)=O.COC=O. The van der Waals surface area contributed by atoms with Gasteiger partial charge in [0.15, 0.2) is 0 Å². The highest BCUT2D eigenvalue weighted by molar-refractivity contribution is 5.79. The van der Waals surface area contributed by atoms with E-state index in [1.54, 1.807) is 14.0 Å². The molecule has 1 aromatic carbocycles. The number of piperazine rings is 1. The molecule has 8 nitrogen and oxygen atoms in total. The maximum Gasteiger partial charge on any atom is 0.312 e. The summed E-state index contributed by atoms with van der Waals surface area (Å²) in [6, 6.07) is 6.77. The van der Waals surface area contributed by atoms with Crippen LogP contribution in [0.15, 0.2) is 24.3 Å². The second-order valence-electron chi connectivity index (χ2n) is 10.4. The summed E-state index contributed by atoms with van der Waals surface area (Å²) in [4.78, 5) is 36.4. The van der Waals surface area contributed by atoms with Crippen LogP contribution in [0.4, 0.5) is 10.1 Å². The maximum atomic E-state index is 13.1. The van der Waals surface area contributed by atoms with Gasteiger partial charge in [-0.1, -0.05) is 39.5 Å². The first-order valence-corrected chi connectivity index (χ1v) is 14.3. The fourth-order valence-corrected chi connectivity index (χ4v) is 5.18. The molecule has 3 rings (SSSR count). The molecule has 0 amide bonds. The number of carbonyl (C=O) groups is 3. The van der Waals surface area contributed by atoms with Gasteiger partial charge < -0.3 is 19.7 Å². The number of cyclic esters (lactones) is 1. The number of unbranched alkanes of at least 4 members (excludes halogenated alkanes) is 2. The fraction of sp³-hybridized carbons (Fsp3) is 0.700. The van der Waals surface area contributed by atoms with Crippen molar-refractivity contribution >= 4 is 23.9 Å². The van der Waals surface area contributed by atoms with E-state index in [4.69, 9.17) is 9.53 Å². The number of nitrogens with one attached hydrogen (secondary N) is 1. The zero-order chi connectivity index (χ0) is 29.1. The average molecular weight is 552 g/mol. The van der Waals surface area contributed by atoms with Gasteiger partial charge in [0.2, 0.25) is 0 Å². The molecule has 0 aliphatic carbocycles. The first-order chi connectivity index (χ1) is 18.7. The highest BCUT2D eigenvalue weighted by Crippen LogP contribution is 2.43. The zero-order valence-electron chi connectivity index (χ0n) is 24.7. The minimum Gasteiger partial charge on any atom is -0.471 e. The Kier molecular flexibility index (Phi) is 17.3. The number of benzene rings is 1. The summed E-state index contributed by atoms with van der Waals surface area (Å²) in [7, 11) is 3.06. The molecule has 2 saturated heterocycles. The predicted octanol–water partition coefficient (Wildman–Crippen LogP) is 4.60. The number of hydrogen-bond donors (Lipinski definition) is 1. The minimum absolute atomic E-state index is 0.0570. The topological polar surface area (TPSA) is 88.2 Å². The summed E-state index contributed by atoms with van der Waals surface area (Å²) < 4.78 is 22.8. The van der Waals surface area contributed by atoms with E-state index in [0.29, 0.717) is 13.0 Å². The molecule has 0 aromatic heterocycles. The molecule has 2 aliphatic heterocycles. The van der Waals surface area contributed by atoms with Crippen molar-refractivity contribution in [2.75, 3.05) is 58.3 Å². The Morgan fingerprint density at radius 2 is 1.77 bits per heavy atom. The normalized spacial score (nSPS) is 20.7. The molecule has 2 fully saturated rings. The van der Waals surface area contributed by atoms with Gasteiger partial charge in [-0.25, -0.2) is 4.39 Å². The van der Waals surface area contributed by atoms with Gasteiger partial charge in [0.25, 0.3) is 6.47 Å². The number of anilines is 1. The average Bonchev–Trinajstić information content (AvgIpc) is 3.23. The molecule has 1 N–H and O–H groups in total. The largest absolute Gasteiger partial charge is 0.471 e. The van der Waals surface area contributed by atoms with Gasteiger partial charge in [-0.3, -0.25) is 19.3 Å². The monoisotopic (exact) mass is 551 g/mol. The number of esters is 1. The third-order valence-corrected chi connectivity index (χ3v) is 7.17. The van der Waals surface area contributed by atoms with Crippen molar-refractivity contribution in [3.05, 3.63) is 30.1 Å². The van der Waals surface area contributed by atoms with E-state index < -0.39 is 0 Å². The lowest BCUT2D eigenvalue weighted by Crippen LogP contribution is -2.47. The molecule has 9 heteroatoms. The standard InChI is InChI=1S/C24H37FN2O2.C4H9NO.C2H4O2/c1-3-5-6-13-24(12-4-2)19-22(29-23(24)28)11-14-26-15-17-27(18-16-26)21-9-7-20(25)8-10-21;1-4(6)3-5-2;1-4-2-3/h7-10,22H,3-6,11-19H2,1-2H3;5H,3H2,1-2H3;2H,1H3/t22-,24?;;/m0../s1. The number of methoxy groups -OCH3 is 1. The Labute approximate surface area is 234 Å². The third-order valence-electron chi connectivity index (χ3n) is 7.17. The number of nitrogens with zero attached hydrogens (tertiary/aromatic N) is 2. The van der Waals surface area contributed by atoms with Crippen molar-refractivity contribution in [2.24, 2.45) is 5.41 Å². The molecule has 39 heavy (non-hydrogen) atoms. The summed E-state index contributed by atoms with van der Waals surface area (Å²) >= 11 is 0. The van der Waals surface area contributed by atoms with Crippen LogP contribution in [0.5, 0.6) is 0 Å². The molecule has 2 atom stereocenters. The lowest BCUT2D eigenvalue weighted by molar-refractivity contribution is -0.149. The number of ether oxygens (including phenoxy) is 2. The Bertz CT molecular complexity index is 830. The van der Waals surface area contributed by atoms with Crippen LogP contribution in [-0.4, -0.2) is 82.7 Å². The number of carbonyl (C=O) groups excluding carboxylic acids is 3. The molecule has 0 spiro atoms. The number of rotatable bonds is 13. The van der Waals surface area contributed by atoms with Crippen LogP contribution >= 0.6 is 0 Å². The van der Waals surface area contributed by atoms with E-state index >= 15 is 0 Å². The summed E-state index contributed by atoms with van der Waals surface area (Å²) in [5.74, 6) is 0.0476. The smallest absolute Gasteiger partial charge is 0.312 e. The lowest BCUT2D eigenvalue weighted by Gasteiger charge is -2.36. The minimum atomic E-state index is -0.226. The first kappa shape index (κ1) is 34.5. The number of halogens is 1. The zero-order valence-corrected chi connectivity index (χ0v) is 24.7. The molecule has 1 unspecified atom stereocenters. The molecule has 0 saturated carbocycles. The van der Waals surface area contributed by atoms with Crippen molar-refractivity contribution < 1.29 is 28.2 Å². The highest BCUT2D eigenvalue weighted by Gasteiger charge is 2.47. The van der Waals surface area contributed by atoms with Crippen molar-refractivity contribution in [3.63, 3.8) is 0 Å². The second-order valence-corrected chi connectivity index (χ2v) is 10.4. The summed E-state index contributed by atoms with van der Waals surface area (Å²) in [6.45, 7) is 11.7. The van der Waals surface area contributed by atoms with Crippen molar-refractivity contribution in [1.29, 1.82) is 0 Å². The number of ketones is 1. The van der Waals surface area contributed by atoms with Crippen LogP contribution in [0.2, 0.25) is 0 Å². The van der Waals surface area contributed by atoms with E-state index in [1.807, 2.05) is 12.1 Å². The molecular weight excluding hydrogens is 501 g/mol. The van der Waals surface area contributed by atoms with Crippen LogP contribution in [-0.2, 0) is 23.9 Å². The Hall–Kier alpha value is -2.52. The summed E-state index contributed by atoms with van der Waals surface area (Å²) in [5.41, 5.74) is 0.864. The molecule has 1 aromatic rings. The fourth-order valence-electron chi connectivity index (χ4n) is 5.18. The van der Waals surface area contributed by atoms with Crippen LogP contribution in [0.1, 0.15) is 72.1 Å². The Morgan fingerprint density at radius 1 is 1.13 bits per heavy atom. The number of likely N-dealkylation sites (N-methyl/N-ethyl adjacent to an activating group) is 1. The third kappa shape index (κ3) is 12.9. The van der Waals surface area contributed by atoms with Crippen LogP contribution < -0.4 is 10.2 Å². The van der Waals surface area contributed by atoms with Gasteiger partial charge in [-0.2, -0.15) is 0 Å². The maximum absolute atomic E-state index is 13.1. The van der Waals surface area contributed by atoms with Crippen LogP contribution in [0.3, 0.4) is 0 Å². The molecule has 2 heterocycles. The van der Waals surface area contributed by atoms with Crippen molar-refractivity contribution in [3.8, 4) is 0 Å². The lowest BCUT2D eigenvalue weighted by atomic mass is 9.76. The van der Waals surface area contributed by atoms with Crippen LogP contribution in [0.25, 0.3) is 0 Å². The van der Waals surface area contributed by atoms with Gasteiger partial charge in [-0.05, 0) is 57.5 Å². The van der Waals surface area contributed by atoms with Crippen molar-refractivity contribution in [2.45, 2.75) is 78.2 Å². The quantitative estimate of drug-likeness (QED) is 0.216. The second kappa shape index (κ2) is 19.5. The van der Waals surface area contributed by atoms with Gasteiger partial charge >= 0.3 is 5.97 Å². The van der Waals surface area contributed by atoms with E-state index in [2.05, 4.69) is 33.7 Å². The van der Waals surface area contributed by atoms with Crippen LogP contribution in [0, 0.1) is 11.2 Å². The predicted molar refractivity (Wildman–Crippen MR) is 153 cm³/mol. The van der Waals surface area contributed by atoms with Gasteiger partial charge in [-0.15, -0.1) is 0 Å². The Morgan fingerprint density at radius 3 is 2.26 bits per heavy atom. The molecule has 0 radical (unpaired) electrons. The Balaban J connectivity index is 0.000000651. The summed E-state index contributed by atoms with van der Waals surface area (Å²) in [6.07, 6.45) is 8.41. The van der Waals surface area contributed by atoms with E-state index in [1.165, 1.54) is 32.1 Å². The highest BCUT2D eigenvalue weighted by atomic mass is 19.1. The molecule has 2 aliphatic rings. The van der Waals surface area contributed by atoms with Gasteiger partial charge in [0.05, 0.1) is 19.1 Å². The van der Waals surface area contributed by atoms with Gasteiger partial charge in [0, 0.05) is 44.8 Å². The molecule has 222 valence electrons. The molecular formula is C30H50FN3O5. The van der Waals surface area contributed by atoms with E-state index in [-0.39, 0.29) is 29.1 Å². The summed E-state index contributed by atoms with van der Waals surface area (Å²) in [5, 5.41) is 2.72. The molecule has 0 bridgehead atoms. The van der Waals surface area contributed by atoms with Crippen molar-refractivity contribution in [1.82, 2.24) is 10.2 Å². The number of hydrogen-bond acceptors (Lipinski definition) is 8.